The lowest BCUT2D eigenvalue weighted by molar-refractivity contribution is 0.436. The van der Waals surface area contributed by atoms with E-state index in [4.69, 9.17) is 24.7 Å². The number of aromatic nitrogens is 3. The van der Waals surface area contributed by atoms with Crippen molar-refractivity contribution in [3.63, 3.8) is 0 Å². The van der Waals surface area contributed by atoms with Gasteiger partial charge >= 0.3 is 0 Å². The number of benzene rings is 8. The van der Waals surface area contributed by atoms with E-state index in [0.29, 0.717) is 17.5 Å². The van der Waals surface area contributed by atoms with Gasteiger partial charge in [0, 0.05) is 33.4 Å². The average Bonchev–Trinajstić information content (AvgIpc) is 3.64. The zero-order valence-corrected chi connectivity index (χ0v) is 34.2. The molecule has 0 radical (unpaired) electrons. The van der Waals surface area contributed by atoms with Crippen LogP contribution < -0.4 is 4.74 Å². The van der Waals surface area contributed by atoms with Crippen molar-refractivity contribution in [3.8, 4) is 56.8 Å². The second kappa shape index (κ2) is 14.7. The fourth-order valence-corrected chi connectivity index (χ4v) is 9.73. The van der Waals surface area contributed by atoms with Gasteiger partial charge in [-0.15, -0.1) is 0 Å². The zero-order chi connectivity index (χ0) is 41.9. The van der Waals surface area contributed by atoms with Crippen LogP contribution in [0.3, 0.4) is 0 Å². The number of rotatable bonds is 6. The molecule has 3 aliphatic rings. The maximum atomic E-state index is 6.95. The number of allylic oxidation sites excluding steroid dienone is 1. The molecule has 8 aromatic carbocycles. The third kappa shape index (κ3) is 5.93. The molecule has 2 atom stereocenters. The molecule has 0 saturated carbocycles. The van der Waals surface area contributed by atoms with E-state index in [1.165, 1.54) is 11.1 Å². The molecular weight excluding hydrogens is 769 g/mol. The predicted molar refractivity (Wildman–Crippen MR) is 253 cm³/mol. The minimum Gasteiger partial charge on any atom is -0.457 e. The summed E-state index contributed by atoms with van der Waals surface area (Å²) in [6, 6.07) is 71.5. The number of ether oxygens (including phenoxy) is 1. The van der Waals surface area contributed by atoms with E-state index in [1.807, 2.05) is 72.8 Å². The second-order valence-electron chi connectivity index (χ2n) is 16.2. The molecule has 0 fully saturated rings. The Labute approximate surface area is 366 Å². The summed E-state index contributed by atoms with van der Waals surface area (Å²) in [6.07, 6.45) is 2.18. The van der Waals surface area contributed by atoms with Crippen molar-refractivity contribution in [1.29, 1.82) is 0 Å². The standard InChI is InChI=1S/C58H38N4O/c1-37-45(38-18-6-2-7-19-38)36-51(59-54(37)39-20-8-3-9-21-39)42-30-33-50-53(35-42)63-52-29-17-16-28-49(52)58(50)47-27-15-14-26-44(47)46-34-43(31-32-48(46)58)57-61-55(40-22-10-4-11-23-40)60-56(62-57)41-24-12-5-13-25-41/h2-36,54H,1H2. The van der Waals surface area contributed by atoms with Crippen LogP contribution >= 0.6 is 0 Å². The van der Waals surface area contributed by atoms with Crippen molar-refractivity contribution in [3.05, 3.63) is 263 Å². The Balaban J connectivity index is 1.04. The third-order valence-electron chi connectivity index (χ3n) is 12.6. The van der Waals surface area contributed by atoms with Crippen molar-refractivity contribution < 1.29 is 4.74 Å². The van der Waals surface area contributed by atoms with Crippen LogP contribution in [0.5, 0.6) is 11.5 Å². The van der Waals surface area contributed by atoms with E-state index in [2.05, 4.69) is 146 Å². The highest BCUT2D eigenvalue weighted by Gasteiger charge is 2.51. The van der Waals surface area contributed by atoms with Gasteiger partial charge in [-0.05, 0) is 68.8 Å². The number of nitrogens with zero attached hydrogens (tertiary/aromatic N) is 4. The molecule has 12 rings (SSSR count). The van der Waals surface area contributed by atoms with Gasteiger partial charge in [-0.2, -0.15) is 0 Å². The summed E-state index contributed by atoms with van der Waals surface area (Å²) in [5.41, 5.74) is 15.1. The molecule has 0 saturated heterocycles. The van der Waals surface area contributed by atoms with Gasteiger partial charge in [0.1, 0.15) is 17.5 Å². The normalized spacial score (nSPS) is 16.8. The van der Waals surface area contributed by atoms with E-state index in [0.717, 1.165) is 84.0 Å². The lowest BCUT2D eigenvalue weighted by atomic mass is 9.66. The van der Waals surface area contributed by atoms with Crippen LogP contribution in [0.2, 0.25) is 0 Å². The van der Waals surface area contributed by atoms with Gasteiger partial charge < -0.3 is 4.74 Å². The summed E-state index contributed by atoms with van der Waals surface area (Å²) >= 11 is 0. The Hall–Kier alpha value is -8.28. The molecule has 5 nitrogen and oxygen atoms in total. The van der Waals surface area contributed by atoms with Gasteiger partial charge in [0.05, 0.1) is 11.1 Å². The first kappa shape index (κ1) is 36.6. The summed E-state index contributed by atoms with van der Waals surface area (Å²) in [5, 5.41) is 0. The number of fused-ring (bicyclic) bond motifs is 9. The first-order chi connectivity index (χ1) is 31.1. The molecule has 0 bridgehead atoms. The van der Waals surface area contributed by atoms with Crippen LogP contribution in [0.15, 0.2) is 229 Å². The topological polar surface area (TPSA) is 60.3 Å². The number of hydrogen-bond donors (Lipinski definition) is 0. The van der Waals surface area contributed by atoms with Crippen LogP contribution in [0, 0.1) is 0 Å². The van der Waals surface area contributed by atoms with Crippen molar-refractivity contribution in [2.75, 3.05) is 0 Å². The van der Waals surface area contributed by atoms with Gasteiger partial charge in [0.15, 0.2) is 17.5 Å². The summed E-state index contributed by atoms with van der Waals surface area (Å²) in [5.74, 6) is 3.51. The Morgan fingerprint density at radius 3 is 1.60 bits per heavy atom. The van der Waals surface area contributed by atoms with E-state index in [1.54, 1.807) is 0 Å². The molecule has 63 heavy (non-hydrogen) atoms. The highest BCUT2D eigenvalue weighted by Crippen LogP contribution is 2.62. The molecule has 1 aromatic heterocycles. The molecule has 0 N–H and O–H groups in total. The number of para-hydroxylation sites is 1. The second-order valence-corrected chi connectivity index (χ2v) is 16.2. The molecule has 0 amide bonds. The number of aliphatic imine (C=N–C) groups is 1. The summed E-state index contributed by atoms with van der Waals surface area (Å²) in [4.78, 5) is 20.6. The van der Waals surface area contributed by atoms with Gasteiger partial charge in [0.25, 0.3) is 0 Å². The Morgan fingerprint density at radius 2 is 0.921 bits per heavy atom. The SMILES string of the molecule is C=C1C(c2ccccc2)=CC(c2ccc3c(c2)Oc2ccccc2C32c3ccccc3-c3cc(-c4nc(-c5ccccc5)nc(-c5ccccc5)n4)ccc32)=NC1c1ccccc1. The Bertz CT molecular complexity index is 3270. The Morgan fingerprint density at radius 1 is 0.413 bits per heavy atom. The van der Waals surface area contributed by atoms with Crippen molar-refractivity contribution >= 4 is 11.3 Å². The fraction of sp³-hybridized carbons (Fsp3) is 0.0345. The summed E-state index contributed by atoms with van der Waals surface area (Å²) < 4.78 is 6.95. The summed E-state index contributed by atoms with van der Waals surface area (Å²) in [7, 11) is 0. The first-order valence-corrected chi connectivity index (χ1v) is 21.3. The number of hydrogen-bond acceptors (Lipinski definition) is 5. The smallest absolute Gasteiger partial charge is 0.164 e. The number of dihydropyridines is 1. The molecule has 1 spiro atoms. The monoisotopic (exact) mass is 806 g/mol. The van der Waals surface area contributed by atoms with Crippen molar-refractivity contribution in [2.24, 2.45) is 4.99 Å². The molecular formula is C58H38N4O. The van der Waals surface area contributed by atoms with Gasteiger partial charge in [0.2, 0.25) is 0 Å². The predicted octanol–water partition coefficient (Wildman–Crippen LogP) is 13.5. The van der Waals surface area contributed by atoms with Gasteiger partial charge in [-0.3, -0.25) is 4.99 Å². The van der Waals surface area contributed by atoms with E-state index >= 15 is 0 Å². The van der Waals surface area contributed by atoms with Crippen molar-refractivity contribution in [1.82, 2.24) is 15.0 Å². The van der Waals surface area contributed by atoms with Crippen molar-refractivity contribution in [2.45, 2.75) is 11.5 Å². The lowest BCUT2D eigenvalue weighted by Gasteiger charge is -2.39. The summed E-state index contributed by atoms with van der Waals surface area (Å²) in [6.45, 7) is 4.59. The Kier molecular flexibility index (Phi) is 8.54. The molecule has 9 aromatic rings. The first-order valence-electron chi connectivity index (χ1n) is 21.3. The molecule has 2 unspecified atom stereocenters. The minimum absolute atomic E-state index is 0.231. The van der Waals surface area contributed by atoms with Crippen LogP contribution in [0.1, 0.15) is 45.0 Å². The molecule has 296 valence electrons. The van der Waals surface area contributed by atoms with Crippen LogP contribution in [0.25, 0.3) is 50.9 Å². The highest BCUT2D eigenvalue weighted by atomic mass is 16.5. The molecule has 2 aliphatic heterocycles. The quantitative estimate of drug-likeness (QED) is 0.168. The minimum atomic E-state index is -0.656. The maximum absolute atomic E-state index is 6.95. The molecule has 3 heterocycles. The zero-order valence-electron chi connectivity index (χ0n) is 34.2. The highest BCUT2D eigenvalue weighted by molar-refractivity contribution is 6.15. The van der Waals surface area contributed by atoms with Crippen LogP contribution in [-0.2, 0) is 5.41 Å². The van der Waals surface area contributed by atoms with Gasteiger partial charge in [-0.25, -0.2) is 15.0 Å². The van der Waals surface area contributed by atoms with Crippen LogP contribution in [-0.4, -0.2) is 20.7 Å². The third-order valence-corrected chi connectivity index (χ3v) is 12.6. The van der Waals surface area contributed by atoms with E-state index < -0.39 is 5.41 Å². The van der Waals surface area contributed by atoms with Gasteiger partial charge in [-0.1, -0.05) is 195 Å². The molecule has 5 heteroatoms. The van der Waals surface area contributed by atoms with E-state index in [9.17, 15) is 0 Å². The van der Waals surface area contributed by atoms with E-state index in [-0.39, 0.29) is 6.04 Å². The lowest BCUT2D eigenvalue weighted by Crippen LogP contribution is -2.32. The average molecular weight is 807 g/mol. The largest absolute Gasteiger partial charge is 0.457 e. The van der Waals surface area contributed by atoms with Crippen LogP contribution in [0.4, 0.5) is 0 Å². The molecule has 1 aliphatic carbocycles. The maximum Gasteiger partial charge on any atom is 0.164 e. The fourth-order valence-electron chi connectivity index (χ4n) is 9.73.